The monoisotopic (exact) mass is 268 g/mol. The second-order valence-electron chi connectivity index (χ2n) is 4.81. The van der Waals surface area contributed by atoms with E-state index >= 15 is 0 Å². The zero-order valence-electron chi connectivity index (χ0n) is 10.8. The van der Waals surface area contributed by atoms with Gasteiger partial charge in [0, 0.05) is 12.5 Å². The molecule has 4 nitrogen and oxygen atoms in total. The molecule has 0 aromatic heterocycles. The van der Waals surface area contributed by atoms with Crippen LogP contribution in [-0.4, -0.2) is 30.4 Å². The molecule has 19 heavy (non-hydrogen) atoms. The van der Waals surface area contributed by atoms with Gasteiger partial charge < -0.3 is 14.6 Å². The smallest absolute Gasteiger partial charge is 0.340 e. The van der Waals surface area contributed by atoms with E-state index in [0.29, 0.717) is 18.8 Å². The van der Waals surface area contributed by atoms with Crippen molar-refractivity contribution in [3.63, 3.8) is 0 Å². The zero-order chi connectivity index (χ0) is 13.9. The molecule has 0 heterocycles. The predicted octanol–water partition coefficient (Wildman–Crippen LogP) is 2.30. The minimum Gasteiger partial charge on any atom is -0.493 e. The number of carbonyl (C=O) groups is 1. The minimum atomic E-state index is -0.715. The highest BCUT2D eigenvalue weighted by Gasteiger charge is 2.33. The summed E-state index contributed by atoms with van der Waals surface area (Å²) in [6.07, 6.45) is 3.17. The van der Waals surface area contributed by atoms with Crippen molar-refractivity contribution >= 4 is 5.97 Å². The fraction of sp³-hybridized carbons (Fsp3) is 0.500. The number of methoxy groups -OCH3 is 1. The third-order valence-electron chi connectivity index (χ3n) is 3.47. The predicted molar refractivity (Wildman–Crippen MR) is 66.7 cm³/mol. The maximum atomic E-state index is 13.6. The normalized spacial score (nSPS) is 16.6. The van der Waals surface area contributed by atoms with Gasteiger partial charge in [0.25, 0.3) is 0 Å². The number of benzene rings is 1. The third-order valence-corrected chi connectivity index (χ3v) is 3.47. The summed E-state index contributed by atoms with van der Waals surface area (Å²) in [5.74, 6) is -1.05. The van der Waals surface area contributed by atoms with Crippen molar-refractivity contribution in [3.05, 3.63) is 29.6 Å². The molecule has 1 N–H and O–H groups in total. The number of ether oxygens (including phenoxy) is 2. The van der Waals surface area contributed by atoms with E-state index in [1.165, 1.54) is 19.2 Å². The number of hydrogen-bond donors (Lipinski definition) is 1. The van der Waals surface area contributed by atoms with Gasteiger partial charge in [0.05, 0.1) is 24.9 Å². The highest BCUT2D eigenvalue weighted by atomic mass is 19.1. The van der Waals surface area contributed by atoms with Crippen molar-refractivity contribution in [3.8, 4) is 5.75 Å². The van der Waals surface area contributed by atoms with Crippen molar-refractivity contribution in [1.29, 1.82) is 0 Å². The van der Waals surface area contributed by atoms with Crippen molar-refractivity contribution in [2.75, 3.05) is 13.7 Å². The SMILES string of the molecule is COC(=O)c1ccc(OCCC2(O)CCC2)cc1F. The number of esters is 1. The lowest BCUT2D eigenvalue weighted by molar-refractivity contribution is -0.0482. The van der Waals surface area contributed by atoms with Crippen LogP contribution in [-0.2, 0) is 4.74 Å². The number of carbonyl (C=O) groups excluding carboxylic acids is 1. The maximum absolute atomic E-state index is 13.6. The molecule has 1 aliphatic carbocycles. The summed E-state index contributed by atoms with van der Waals surface area (Å²) in [6, 6.07) is 3.99. The van der Waals surface area contributed by atoms with Crippen LogP contribution in [0.15, 0.2) is 18.2 Å². The van der Waals surface area contributed by atoms with E-state index < -0.39 is 17.4 Å². The Kier molecular flexibility index (Phi) is 4.04. The van der Waals surface area contributed by atoms with Crippen LogP contribution in [0.2, 0.25) is 0 Å². The average molecular weight is 268 g/mol. The van der Waals surface area contributed by atoms with Crippen LogP contribution in [0.5, 0.6) is 5.75 Å². The second-order valence-corrected chi connectivity index (χ2v) is 4.81. The van der Waals surface area contributed by atoms with E-state index in [4.69, 9.17) is 4.74 Å². The molecule has 0 saturated heterocycles. The third kappa shape index (κ3) is 3.23. The molecule has 1 fully saturated rings. The Hall–Kier alpha value is -1.62. The molecular weight excluding hydrogens is 251 g/mol. The molecule has 104 valence electrons. The summed E-state index contributed by atoms with van der Waals surface area (Å²) in [7, 11) is 1.20. The topological polar surface area (TPSA) is 55.8 Å². The van der Waals surface area contributed by atoms with Gasteiger partial charge >= 0.3 is 5.97 Å². The number of aliphatic hydroxyl groups is 1. The lowest BCUT2D eigenvalue weighted by atomic mass is 9.78. The first-order valence-electron chi connectivity index (χ1n) is 6.27. The number of hydrogen-bond acceptors (Lipinski definition) is 4. The molecule has 1 aromatic carbocycles. The van der Waals surface area contributed by atoms with Crippen LogP contribution in [0, 0.1) is 5.82 Å². The second kappa shape index (κ2) is 5.57. The van der Waals surface area contributed by atoms with Gasteiger partial charge in [-0.3, -0.25) is 0 Å². The standard InChI is InChI=1S/C14H17FO4/c1-18-13(16)11-4-3-10(9-12(11)15)19-8-7-14(17)5-2-6-14/h3-4,9,17H,2,5-8H2,1H3. The maximum Gasteiger partial charge on any atom is 0.340 e. The highest BCUT2D eigenvalue weighted by Crippen LogP contribution is 2.34. The molecular formula is C14H17FO4. The van der Waals surface area contributed by atoms with E-state index in [1.54, 1.807) is 0 Å². The molecule has 0 amide bonds. The summed E-state index contributed by atoms with van der Waals surface area (Å²) in [5, 5.41) is 9.88. The first-order valence-corrected chi connectivity index (χ1v) is 6.27. The fourth-order valence-corrected chi connectivity index (χ4v) is 2.05. The molecule has 1 saturated carbocycles. The average Bonchev–Trinajstić information content (AvgIpc) is 2.36. The highest BCUT2D eigenvalue weighted by molar-refractivity contribution is 5.89. The van der Waals surface area contributed by atoms with Crippen LogP contribution in [0.3, 0.4) is 0 Å². The Morgan fingerprint density at radius 3 is 2.74 bits per heavy atom. The van der Waals surface area contributed by atoms with E-state index in [2.05, 4.69) is 4.74 Å². The Morgan fingerprint density at radius 1 is 1.47 bits per heavy atom. The molecule has 5 heteroatoms. The largest absolute Gasteiger partial charge is 0.493 e. The van der Waals surface area contributed by atoms with Crippen molar-refractivity contribution < 1.29 is 23.8 Å². The Bertz CT molecular complexity index is 469. The molecule has 0 bridgehead atoms. The number of rotatable bonds is 5. The van der Waals surface area contributed by atoms with Gasteiger partial charge in [-0.05, 0) is 31.4 Å². The molecule has 0 spiro atoms. The Balaban J connectivity index is 1.90. The lowest BCUT2D eigenvalue weighted by Gasteiger charge is -2.36. The summed E-state index contributed by atoms with van der Waals surface area (Å²) in [5.41, 5.74) is -0.725. The lowest BCUT2D eigenvalue weighted by Crippen LogP contribution is -2.38. The van der Waals surface area contributed by atoms with Gasteiger partial charge in [-0.25, -0.2) is 9.18 Å². The summed E-state index contributed by atoms with van der Waals surface area (Å²) in [4.78, 5) is 11.2. The first-order chi connectivity index (χ1) is 9.04. The van der Waals surface area contributed by atoms with Crippen LogP contribution in [0.25, 0.3) is 0 Å². The van der Waals surface area contributed by atoms with Gasteiger partial charge in [0.2, 0.25) is 0 Å². The molecule has 0 radical (unpaired) electrons. The number of halogens is 1. The fourth-order valence-electron chi connectivity index (χ4n) is 2.05. The van der Waals surface area contributed by atoms with E-state index in [9.17, 15) is 14.3 Å². The van der Waals surface area contributed by atoms with Crippen LogP contribution in [0.4, 0.5) is 4.39 Å². The Labute approximate surface area is 111 Å². The van der Waals surface area contributed by atoms with Crippen LogP contribution >= 0.6 is 0 Å². The van der Waals surface area contributed by atoms with Crippen LogP contribution in [0.1, 0.15) is 36.0 Å². The summed E-state index contributed by atoms with van der Waals surface area (Å²) >= 11 is 0. The Morgan fingerprint density at radius 2 is 2.21 bits per heavy atom. The van der Waals surface area contributed by atoms with Gasteiger partial charge in [-0.15, -0.1) is 0 Å². The van der Waals surface area contributed by atoms with Gasteiger partial charge in [-0.1, -0.05) is 0 Å². The summed E-state index contributed by atoms with van der Waals surface area (Å²) in [6.45, 7) is 0.327. The zero-order valence-corrected chi connectivity index (χ0v) is 10.8. The molecule has 1 aromatic rings. The van der Waals surface area contributed by atoms with E-state index in [0.717, 1.165) is 25.3 Å². The van der Waals surface area contributed by atoms with Crippen molar-refractivity contribution in [2.24, 2.45) is 0 Å². The van der Waals surface area contributed by atoms with Crippen LogP contribution < -0.4 is 4.74 Å². The first kappa shape index (κ1) is 13.8. The quantitative estimate of drug-likeness (QED) is 0.832. The molecule has 0 atom stereocenters. The molecule has 0 aliphatic heterocycles. The van der Waals surface area contributed by atoms with E-state index in [-0.39, 0.29) is 5.56 Å². The minimum absolute atomic E-state index is 0.118. The summed E-state index contributed by atoms with van der Waals surface area (Å²) < 4.78 is 23.4. The van der Waals surface area contributed by atoms with Gasteiger partial charge in [-0.2, -0.15) is 0 Å². The van der Waals surface area contributed by atoms with Crippen molar-refractivity contribution in [1.82, 2.24) is 0 Å². The van der Waals surface area contributed by atoms with Gasteiger partial charge in [0.1, 0.15) is 11.6 Å². The molecule has 0 unspecified atom stereocenters. The van der Waals surface area contributed by atoms with Crippen molar-refractivity contribution in [2.45, 2.75) is 31.3 Å². The van der Waals surface area contributed by atoms with E-state index in [1.807, 2.05) is 0 Å². The molecule has 2 rings (SSSR count). The van der Waals surface area contributed by atoms with Gasteiger partial charge in [0.15, 0.2) is 0 Å². The molecule has 1 aliphatic rings.